The van der Waals surface area contributed by atoms with Crippen LogP contribution in [0.5, 0.6) is 5.88 Å². The summed E-state index contributed by atoms with van der Waals surface area (Å²) in [6.07, 6.45) is 5.76. The highest BCUT2D eigenvalue weighted by Gasteiger charge is 2.31. The van der Waals surface area contributed by atoms with Gasteiger partial charge in [-0.1, -0.05) is 49.2 Å². The normalized spacial score (nSPS) is 17.5. The van der Waals surface area contributed by atoms with Gasteiger partial charge >= 0.3 is 6.09 Å². The fourth-order valence-corrected chi connectivity index (χ4v) is 7.94. The molecule has 2 aromatic heterocycles. The molecular formula is C31H41N5O6S2. The molecule has 2 aliphatic rings. The Bertz CT molecular complexity index is 1570. The Morgan fingerprint density at radius 2 is 1.70 bits per heavy atom. The number of anilines is 1. The number of sulfonamides is 1. The number of methoxy groups -OCH3 is 1. The highest BCUT2D eigenvalue weighted by atomic mass is 32.2. The number of aromatic nitrogens is 2. The summed E-state index contributed by atoms with van der Waals surface area (Å²) in [6.45, 7) is 6.28. The van der Waals surface area contributed by atoms with E-state index in [-0.39, 0.29) is 22.9 Å². The molecule has 44 heavy (non-hydrogen) atoms. The lowest BCUT2D eigenvalue weighted by atomic mass is 9.87. The number of pyridine rings is 1. The van der Waals surface area contributed by atoms with E-state index >= 15 is 0 Å². The molecule has 2 N–H and O–H groups in total. The van der Waals surface area contributed by atoms with Crippen molar-refractivity contribution in [1.82, 2.24) is 19.6 Å². The lowest BCUT2D eigenvalue weighted by molar-refractivity contribution is -0.118. The number of hydrogen-bond donors (Lipinski definition) is 2. The number of hydrogen-bond acceptors (Lipinski definition) is 9. The molecule has 5 rings (SSSR count). The summed E-state index contributed by atoms with van der Waals surface area (Å²) in [5, 5.41) is 3.45. The number of likely N-dealkylation sites (tertiary alicyclic amines) is 1. The van der Waals surface area contributed by atoms with Crippen molar-refractivity contribution in [2.45, 2.75) is 88.2 Å². The number of fused-ring (bicyclic) bond motifs is 1. The van der Waals surface area contributed by atoms with E-state index in [1.165, 1.54) is 11.3 Å². The van der Waals surface area contributed by atoms with E-state index in [0.717, 1.165) is 31.2 Å². The van der Waals surface area contributed by atoms with Gasteiger partial charge in [-0.25, -0.2) is 27.9 Å². The Morgan fingerprint density at radius 3 is 2.34 bits per heavy atom. The number of rotatable bonds is 9. The first-order chi connectivity index (χ1) is 20.9. The van der Waals surface area contributed by atoms with Crippen molar-refractivity contribution in [3.8, 4) is 5.88 Å². The van der Waals surface area contributed by atoms with Crippen molar-refractivity contribution < 1.29 is 27.5 Å². The summed E-state index contributed by atoms with van der Waals surface area (Å²) >= 11 is 1.29. The quantitative estimate of drug-likeness (QED) is 0.304. The lowest BCUT2D eigenvalue weighted by Gasteiger charge is -2.33. The van der Waals surface area contributed by atoms with Crippen molar-refractivity contribution in [3.05, 3.63) is 42.0 Å². The van der Waals surface area contributed by atoms with E-state index in [2.05, 4.69) is 20.0 Å². The number of piperidine rings is 1. The van der Waals surface area contributed by atoms with Gasteiger partial charge in [-0.2, -0.15) is 0 Å². The van der Waals surface area contributed by atoms with Crippen LogP contribution in [0.3, 0.4) is 0 Å². The predicted molar refractivity (Wildman–Crippen MR) is 170 cm³/mol. The van der Waals surface area contributed by atoms with Crippen LogP contribution in [0.1, 0.15) is 77.2 Å². The van der Waals surface area contributed by atoms with Gasteiger partial charge in [0.25, 0.3) is 0 Å². The Kier molecular flexibility index (Phi) is 9.76. The molecule has 2 amide bonds. The fraction of sp³-hybridized carbons (Fsp3) is 0.548. The molecule has 1 unspecified atom stereocenters. The van der Waals surface area contributed by atoms with Crippen LogP contribution in [0.4, 0.5) is 9.93 Å². The second-order valence-electron chi connectivity index (χ2n) is 12.6. The van der Waals surface area contributed by atoms with Crippen LogP contribution in [-0.2, 0) is 19.6 Å². The zero-order valence-electron chi connectivity index (χ0n) is 25.7. The maximum Gasteiger partial charge on any atom is 0.410 e. The largest absolute Gasteiger partial charge is 0.481 e. The van der Waals surface area contributed by atoms with Gasteiger partial charge in [0.1, 0.15) is 15.9 Å². The standard InChI is InChI=1S/C31H41N5O6S2/c1-31(2,3)42-30(38)36-17-15-22(16-18-36)35-44(39,40)23-11-9-21(10-12-23)24(19-20-7-5-6-8-20)27(37)34-29-32-25-13-14-26(41-4)33-28(25)43-29/h9-14,20,22,24,35H,5-8,15-19H2,1-4H3,(H,32,34,37). The van der Waals surface area contributed by atoms with Crippen LogP contribution in [0, 0.1) is 5.92 Å². The van der Waals surface area contributed by atoms with E-state index in [0.29, 0.717) is 59.6 Å². The van der Waals surface area contributed by atoms with Crippen molar-refractivity contribution in [2.24, 2.45) is 5.92 Å². The number of carbonyl (C=O) groups is 2. The molecule has 0 bridgehead atoms. The second kappa shape index (κ2) is 13.4. The summed E-state index contributed by atoms with van der Waals surface area (Å²) in [6, 6.07) is 9.86. The first-order valence-corrected chi connectivity index (χ1v) is 17.4. The lowest BCUT2D eigenvalue weighted by Crippen LogP contribution is -2.47. The molecule has 238 valence electrons. The molecule has 0 spiro atoms. The monoisotopic (exact) mass is 643 g/mol. The molecule has 1 saturated carbocycles. The average Bonchev–Trinajstić information content (AvgIpc) is 3.64. The van der Waals surface area contributed by atoms with Crippen LogP contribution in [0.2, 0.25) is 0 Å². The van der Waals surface area contributed by atoms with Crippen LogP contribution in [0.15, 0.2) is 41.3 Å². The van der Waals surface area contributed by atoms with Crippen molar-refractivity contribution in [2.75, 3.05) is 25.5 Å². The zero-order chi connectivity index (χ0) is 31.5. The minimum atomic E-state index is -3.79. The summed E-state index contributed by atoms with van der Waals surface area (Å²) in [7, 11) is -2.24. The number of carbonyl (C=O) groups excluding carboxylic acids is 2. The topological polar surface area (TPSA) is 140 Å². The number of nitrogens with one attached hydrogen (secondary N) is 2. The summed E-state index contributed by atoms with van der Waals surface area (Å²) < 4.78 is 39.9. The number of thiazole rings is 1. The Morgan fingerprint density at radius 1 is 1.02 bits per heavy atom. The third-order valence-electron chi connectivity index (χ3n) is 8.09. The van der Waals surface area contributed by atoms with Gasteiger partial charge in [-0.3, -0.25) is 4.79 Å². The third kappa shape index (κ3) is 8.05. The molecule has 2 fully saturated rings. The zero-order valence-corrected chi connectivity index (χ0v) is 27.3. The highest BCUT2D eigenvalue weighted by molar-refractivity contribution is 7.89. The van der Waals surface area contributed by atoms with Gasteiger partial charge in [-0.05, 0) is 69.7 Å². The first-order valence-electron chi connectivity index (χ1n) is 15.1. The van der Waals surface area contributed by atoms with Gasteiger partial charge in [0, 0.05) is 25.2 Å². The molecule has 3 aromatic rings. The third-order valence-corrected chi connectivity index (χ3v) is 10.5. The van der Waals surface area contributed by atoms with Gasteiger partial charge in [0.05, 0.1) is 17.9 Å². The molecule has 1 saturated heterocycles. The van der Waals surface area contributed by atoms with Crippen molar-refractivity contribution in [3.63, 3.8) is 0 Å². The molecule has 13 heteroatoms. The van der Waals surface area contributed by atoms with Crippen LogP contribution < -0.4 is 14.8 Å². The molecule has 0 radical (unpaired) electrons. The van der Waals surface area contributed by atoms with Gasteiger partial charge in [0.2, 0.25) is 21.8 Å². The molecule has 1 atom stereocenters. The van der Waals surface area contributed by atoms with E-state index in [9.17, 15) is 18.0 Å². The van der Waals surface area contributed by atoms with Crippen LogP contribution >= 0.6 is 11.3 Å². The highest BCUT2D eigenvalue weighted by Crippen LogP contribution is 2.36. The molecule has 1 aromatic carbocycles. The van der Waals surface area contributed by atoms with Gasteiger partial charge < -0.3 is 19.7 Å². The van der Waals surface area contributed by atoms with E-state index < -0.39 is 21.5 Å². The average molecular weight is 644 g/mol. The van der Waals surface area contributed by atoms with Crippen LogP contribution in [-0.4, -0.2) is 67.1 Å². The first kappa shape index (κ1) is 32.1. The molecule has 3 heterocycles. The van der Waals surface area contributed by atoms with Crippen molar-refractivity contribution >= 4 is 48.8 Å². The van der Waals surface area contributed by atoms with Gasteiger partial charge in [-0.15, -0.1) is 0 Å². The minimum Gasteiger partial charge on any atom is -0.481 e. The Labute approximate surface area is 262 Å². The molecule has 1 aliphatic carbocycles. The van der Waals surface area contributed by atoms with E-state index in [1.807, 2.05) is 20.8 Å². The van der Waals surface area contributed by atoms with Crippen molar-refractivity contribution in [1.29, 1.82) is 0 Å². The maximum absolute atomic E-state index is 13.6. The molecule has 11 nitrogen and oxygen atoms in total. The summed E-state index contributed by atoms with van der Waals surface area (Å²) in [4.78, 5) is 37.4. The SMILES string of the molecule is COc1ccc2nc(NC(=O)C(CC3CCCC3)c3ccc(S(=O)(=O)NC4CCN(C(=O)OC(C)(C)C)CC4)cc3)sc2n1. The fourth-order valence-electron chi connectivity index (χ4n) is 5.81. The Hall–Kier alpha value is -3.29. The van der Waals surface area contributed by atoms with E-state index in [1.54, 1.807) is 48.4 Å². The molecular weight excluding hydrogens is 603 g/mol. The number of amides is 2. The maximum atomic E-state index is 13.6. The summed E-state index contributed by atoms with van der Waals surface area (Å²) in [5.41, 5.74) is 0.857. The summed E-state index contributed by atoms with van der Waals surface area (Å²) in [5.74, 6) is 0.292. The number of benzene rings is 1. The van der Waals surface area contributed by atoms with Gasteiger partial charge in [0.15, 0.2) is 5.13 Å². The Balaban J connectivity index is 1.25. The second-order valence-corrected chi connectivity index (χ2v) is 15.2. The number of ether oxygens (including phenoxy) is 2. The minimum absolute atomic E-state index is 0.141. The molecule has 1 aliphatic heterocycles. The number of nitrogens with zero attached hydrogens (tertiary/aromatic N) is 3. The smallest absolute Gasteiger partial charge is 0.410 e. The van der Waals surface area contributed by atoms with Crippen LogP contribution in [0.25, 0.3) is 10.3 Å². The predicted octanol–water partition coefficient (Wildman–Crippen LogP) is 5.68. The van der Waals surface area contributed by atoms with E-state index in [4.69, 9.17) is 9.47 Å².